The van der Waals surface area contributed by atoms with Crippen molar-refractivity contribution < 1.29 is 73.5 Å². The topological polar surface area (TPSA) is 63.2 Å². The molecular formula is C6H13Na2O3P. The van der Waals surface area contributed by atoms with E-state index in [1.54, 1.807) is 0 Å². The molecular weight excluding hydrogens is 197 g/mol. The van der Waals surface area contributed by atoms with Gasteiger partial charge in [0, 0.05) is 0 Å². The molecule has 0 aromatic heterocycles. The molecule has 62 valence electrons. The molecule has 0 aromatic rings. The SMILES string of the molecule is CCCCCCP(=O)([O-])[O-].[Na+].[Na+]. The minimum atomic E-state index is -4.21. The third-order valence-corrected chi connectivity index (χ3v) is 2.15. The normalized spacial score (nSPS) is 9.92. The second-order valence-corrected chi connectivity index (χ2v) is 4.06. The van der Waals surface area contributed by atoms with Crippen molar-refractivity contribution >= 4 is 7.60 Å². The van der Waals surface area contributed by atoms with E-state index < -0.39 is 7.60 Å². The van der Waals surface area contributed by atoms with Gasteiger partial charge in [0.1, 0.15) is 0 Å². The van der Waals surface area contributed by atoms with Crippen LogP contribution < -0.4 is 68.9 Å². The fourth-order valence-corrected chi connectivity index (χ4v) is 1.34. The molecule has 6 heteroatoms. The van der Waals surface area contributed by atoms with Crippen LogP contribution in [0.3, 0.4) is 0 Å². The van der Waals surface area contributed by atoms with Gasteiger partial charge in [0.15, 0.2) is 0 Å². The van der Waals surface area contributed by atoms with Gasteiger partial charge in [-0.3, -0.25) is 0 Å². The van der Waals surface area contributed by atoms with Crippen molar-refractivity contribution in [3.8, 4) is 0 Å². The number of unbranched alkanes of at least 4 members (excludes halogenated alkanes) is 3. The molecule has 0 bridgehead atoms. The molecule has 0 unspecified atom stereocenters. The van der Waals surface area contributed by atoms with Gasteiger partial charge in [-0.2, -0.15) is 0 Å². The van der Waals surface area contributed by atoms with Crippen molar-refractivity contribution in [3.05, 3.63) is 0 Å². The first-order chi connectivity index (χ1) is 4.56. The largest absolute Gasteiger partial charge is 1.00 e. The van der Waals surface area contributed by atoms with Gasteiger partial charge in [-0.25, -0.2) is 0 Å². The Morgan fingerprint density at radius 3 is 1.92 bits per heavy atom. The van der Waals surface area contributed by atoms with Crippen LogP contribution in [0.4, 0.5) is 0 Å². The summed E-state index contributed by atoms with van der Waals surface area (Å²) in [5.41, 5.74) is 0. The minimum absolute atomic E-state index is 0. The molecule has 3 nitrogen and oxygen atoms in total. The van der Waals surface area contributed by atoms with Gasteiger partial charge in [-0.15, -0.1) is 0 Å². The van der Waals surface area contributed by atoms with Gasteiger partial charge in [0.25, 0.3) is 0 Å². The molecule has 0 rings (SSSR count). The zero-order chi connectivity index (χ0) is 8.04. The monoisotopic (exact) mass is 210 g/mol. The standard InChI is InChI=1S/C6H15O3P.2Na/c1-2-3-4-5-6-10(7,8)9;;/h2-6H2,1H3,(H2,7,8,9);;/q;2*+1/p-2. The van der Waals surface area contributed by atoms with Crippen LogP contribution >= 0.6 is 7.60 Å². The molecule has 0 aromatic carbocycles. The quantitative estimate of drug-likeness (QED) is 0.258. The van der Waals surface area contributed by atoms with Gasteiger partial charge in [0.05, 0.1) is 0 Å². The van der Waals surface area contributed by atoms with E-state index in [1.807, 2.05) is 6.92 Å². The van der Waals surface area contributed by atoms with Gasteiger partial charge >= 0.3 is 59.1 Å². The molecule has 0 saturated heterocycles. The van der Waals surface area contributed by atoms with E-state index in [4.69, 9.17) is 0 Å². The fraction of sp³-hybridized carbons (Fsp3) is 1.00. The molecule has 0 N–H and O–H groups in total. The van der Waals surface area contributed by atoms with E-state index in [0.717, 1.165) is 19.3 Å². The zero-order valence-corrected chi connectivity index (χ0v) is 13.1. The predicted molar refractivity (Wildman–Crippen MR) is 36.6 cm³/mol. The van der Waals surface area contributed by atoms with Gasteiger partial charge in [0.2, 0.25) is 0 Å². The van der Waals surface area contributed by atoms with Gasteiger partial charge < -0.3 is 14.4 Å². The molecule has 0 aliphatic heterocycles. The molecule has 0 radical (unpaired) electrons. The maximum atomic E-state index is 10.1. The first-order valence-electron chi connectivity index (χ1n) is 3.57. The third kappa shape index (κ3) is 18.0. The van der Waals surface area contributed by atoms with E-state index >= 15 is 0 Å². The van der Waals surface area contributed by atoms with Crippen molar-refractivity contribution in [2.45, 2.75) is 32.6 Å². The molecule has 0 aliphatic carbocycles. The summed E-state index contributed by atoms with van der Waals surface area (Å²) in [4.78, 5) is 20.1. The summed E-state index contributed by atoms with van der Waals surface area (Å²) in [6.07, 6.45) is 3.28. The Labute approximate surface area is 118 Å². The Balaban J connectivity index is -0.000000405. The van der Waals surface area contributed by atoms with E-state index in [-0.39, 0.29) is 65.3 Å². The average molecular weight is 210 g/mol. The van der Waals surface area contributed by atoms with Gasteiger partial charge in [-0.1, -0.05) is 33.8 Å². The Hall–Kier alpha value is 2.15. The predicted octanol–water partition coefficient (Wildman–Crippen LogP) is -5.51. The second kappa shape index (κ2) is 11.2. The van der Waals surface area contributed by atoms with Crippen LogP contribution in [0.1, 0.15) is 32.6 Å². The Morgan fingerprint density at radius 1 is 1.08 bits per heavy atom. The smallest absolute Gasteiger partial charge is 0.811 e. The summed E-state index contributed by atoms with van der Waals surface area (Å²) < 4.78 is 10.1. The zero-order valence-electron chi connectivity index (χ0n) is 8.21. The molecule has 0 saturated carbocycles. The summed E-state index contributed by atoms with van der Waals surface area (Å²) in [6, 6.07) is 0. The summed E-state index contributed by atoms with van der Waals surface area (Å²) in [6.45, 7) is 2.04. The Bertz CT molecular complexity index is 126. The second-order valence-electron chi connectivity index (χ2n) is 2.40. The van der Waals surface area contributed by atoms with Crippen LogP contribution in [0.2, 0.25) is 0 Å². The average Bonchev–Trinajstić information content (AvgIpc) is 1.78. The maximum absolute atomic E-state index is 10.1. The minimum Gasteiger partial charge on any atom is -0.811 e. The molecule has 0 aliphatic rings. The maximum Gasteiger partial charge on any atom is 1.00 e. The van der Waals surface area contributed by atoms with E-state index in [9.17, 15) is 14.4 Å². The number of hydrogen-bond donors (Lipinski definition) is 0. The van der Waals surface area contributed by atoms with E-state index in [2.05, 4.69) is 0 Å². The van der Waals surface area contributed by atoms with Crippen molar-refractivity contribution in [2.75, 3.05) is 6.16 Å². The molecule has 0 atom stereocenters. The van der Waals surface area contributed by atoms with Crippen molar-refractivity contribution in [1.29, 1.82) is 0 Å². The van der Waals surface area contributed by atoms with Crippen LogP contribution in [-0.2, 0) is 4.57 Å². The molecule has 12 heavy (non-hydrogen) atoms. The molecule has 0 heterocycles. The van der Waals surface area contributed by atoms with Crippen LogP contribution in [-0.4, -0.2) is 6.16 Å². The van der Waals surface area contributed by atoms with Crippen LogP contribution in [0.15, 0.2) is 0 Å². The fourth-order valence-electron chi connectivity index (χ4n) is 0.732. The summed E-state index contributed by atoms with van der Waals surface area (Å²) in [5.74, 6) is 0. The summed E-state index contributed by atoms with van der Waals surface area (Å²) in [5, 5.41) is 0. The van der Waals surface area contributed by atoms with Crippen molar-refractivity contribution in [2.24, 2.45) is 0 Å². The molecule has 0 amide bonds. The van der Waals surface area contributed by atoms with Crippen LogP contribution in [0.25, 0.3) is 0 Å². The first-order valence-corrected chi connectivity index (χ1v) is 5.30. The Kier molecular flexibility index (Phi) is 18.4. The summed E-state index contributed by atoms with van der Waals surface area (Å²) >= 11 is 0. The van der Waals surface area contributed by atoms with Crippen LogP contribution in [0.5, 0.6) is 0 Å². The molecule has 0 fully saturated rings. The van der Waals surface area contributed by atoms with Crippen LogP contribution in [0, 0.1) is 0 Å². The van der Waals surface area contributed by atoms with Crippen molar-refractivity contribution in [1.82, 2.24) is 0 Å². The van der Waals surface area contributed by atoms with E-state index in [1.165, 1.54) is 0 Å². The van der Waals surface area contributed by atoms with E-state index in [0.29, 0.717) is 6.42 Å². The number of hydrogen-bond acceptors (Lipinski definition) is 3. The number of rotatable bonds is 5. The molecule has 0 spiro atoms. The summed E-state index contributed by atoms with van der Waals surface area (Å²) in [7, 11) is -4.21. The first kappa shape index (κ1) is 19.7. The van der Waals surface area contributed by atoms with Gasteiger partial charge in [-0.05, 0) is 12.6 Å². The van der Waals surface area contributed by atoms with Crippen molar-refractivity contribution in [3.63, 3.8) is 0 Å². The third-order valence-electron chi connectivity index (χ3n) is 1.29. The Morgan fingerprint density at radius 2 is 1.58 bits per heavy atom.